The third-order valence-corrected chi connectivity index (χ3v) is 3.82. The number of hydrogen-bond donors (Lipinski definition) is 1. The van der Waals surface area contributed by atoms with Crippen molar-refractivity contribution in [3.63, 3.8) is 0 Å². The van der Waals surface area contributed by atoms with Gasteiger partial charge in [-0.2, -0.15) is 0 Å². The van der Waals surface area contributed by atoms with Gasteiger partial charge < -0.3 is 10.1 Å². The van der Waals surface area contributed by atoms with Gasteiger partial charge in [0.25, 0.3) is 5.56 Å². The first-order chi connectivity index (χ1) is 11.3. The molecule has 2 aromatic rings. The van der Waals surface area contributed by atoms with E-state index in [4.69, 9.17) is 4.74 Å². The number of anilines is 1. The molecular weight excluding hydrogens is 312 g/mol. The van der Waals surface area contributed by atoms with Crippen LogP contribution in [0.15, 0.2) is 15.8 Å². The number of aromatic nitrogens is 3. The van der Waals surface area contributed by atoms with Crippen LogP contribution < -0.4 is 16.6 Å². The van der Waals surface area contributed by atoms with Crippen LogP contribution in [0.1, 0.15) is 32.3 Å². The normalized spacial score (nSPS) is 11.2. The van der Waals surface area contributed by atoms with Crippen molar-refractivity contribution >= 4 is 22.6 Å². The summed E-state index contributed by atoms with van der Waals surface area (Å²) in [4.78, 5) is 41.1. The molecular formula is C16H22N4O4. The number of nitrogens with one attached hydrogen (secondary N) is 1. The van der Waals surface area contributed by atoms with Crippen molar-refractivity contribution in [2.45, 2.75) is 26.7 Å². The standard InChI is InChI=1S/C16H22N4O4/c1-6-24-8-11(21)18-13-10(9(2)3)7-17-14-12(13)15(22)20(5)16(23)19(14)4/h7,9H,6,8H2,1-5H3,(H,17,18,21). The maximum absolute atomic E-state index is 12.6. The maximum Gasteiger partial charge on any atom is 0.332 e. The maximum atomic E-state index is 12.6. The molecule has 0 fully saturated rings. The van der Waals surface area contributed by atoms with E-state index < -0.39 is 11.2 Å². The second-order valence-corrected chi connectivity index (χ2v) is 5.83. The van der Waals surface area contributed by atoms with E-state index in [0.717, 1.165) is 10.1 Å². The van der Waals surface area contributed by atoms with E-state index in [1.807, 2.05) is 13.8 Å². The minimum Gasteiger partial charge on any atom is -0.372 e. The van der Waals surface area contributed by atoms with Gasteiger partial charge in [0.15, 0.2) is 5.65 Å². The van der Waals surface area contributed by atoms with Crippen LogP contribution in [-0.2, 0) is 23.6 Å². The number of nitrogens with zero attached hydrogens (tertiary/aromatic N) is 3. The smallest absolute Gasteiger partial charge is 0.332 e. The van der Waals surface area contributed by atoms with E-state index in [-0.39, 0.29) is 29.5 Å². The van der Waals surface area contributed by atoms with Gasteiger partial charge in [0.1, 0.15) is 12.0 Å². The van der Waals surface area contributed by atoms with Crippen LogP contribution in [0, 0.1) is 0 Å². The lowest BCUT2D eigenvalue weighted by molar-refractivity contribution is -0.120. The second-order valence-electron chi connectivity index (χ2n) is 5.83. The number of rotatable bonds is 5. The molecule has 0 radical (unpaired) electrons. The van der Waals surface area contributed by atoms with Gasteiger partial charge in [-0.05, 0) is 18.4 Å². The molecule has 1 amide bonds. The van der Waals surface area contributed by atoms with E-state index >= 15 is 0 Å². The Labute approximate surface area is 139 Å². The Bertz CT molecular complexity index is 896. The third-order valence-electron chi connectivity index (χ3n) is 3.82. The Morgan fingerprint density at radius 3 is 2.54 bits per heavy atom. The molecule has 130 valence electrons. The number of fused-ring (bicyclic) bond motifs is 1. The molecule has 2 heterocycles. The van der Waals surface area contributed by atoms with Gasteiger partial charge >= 0.3 is 5.69 Å². The van der Waals surface area contributed by atoms with Gasteiger partial charge in [-0.1, -0.05) is 13.8 Å². The SMILES string of the molecule is CCOCC(=O)Nc1c(C(C)C)cnc2c1c(=O)n(C)c(=O)n2C. The highest BCUT2D eigenvalue weighted by atomic mass is 16.5. The fourth-order valence-corrected chi connectivity index (χ4v) is 2.49. The number of carbonyl (C=O) groups is 1. The molecule has 24 heavy (non-hydrogen) atoms. The quantitative estimate of drug-likeness (QED) is 0.870. The lowest BCUT2D eigenvalue weighted by Gasteiger charge is -2.17. The molecule has 2 rings (SSSR count). The average Bonchev–Trinajstić information content (AvgIpc) is 2.55. The lowest BCUT2D eigenvalue weighted by atomic mass is 10.0. The number of ether oxygens (including phenoxy) is 1. The predicted octanol–water partition coefficient (Wildman–Crippen LogP) is 0.731. The van der Waals surface area contributed by atoms with Crippen molar-refractivity contribution in [2.24, 2.45) is 14.1 Å². The van der Waals surface area contributed by atoms with Crippen molar-refractivity contribution in [3.8, 4) is 0 Å². The molecule has 0 atom stereocenters. The molecule has 0 spiro atoms. The van der Waals surface area contributed by atoms with E-state index in [9.17, 15) is 14.4 Å². The van der Waals surface area contributed by atoms with E-state index in [1.165, 1.54) is 18.7 Å². The summed E-state index contributed by atoms with van der Waals surface area (Å²) in [6.07, 6.45) is 1.59. The molecule has 8 nitrogen and oxygen atoms in total. The highest BCUT2D eigenvalue weighted by Gasteiger charge is 2.20. The zero-order chi connectivity index (χ0) is 18.0. The number of amides is 1. The van der Waals surface area contributed by atoms with Gasteiger partial charge in [-0.25, -0.2) is 9.78 Å². The van der Waals surface area contributed by atoms with E-state index in [0.29, 0.717) is 12.3 Å². The predicted molar refractivity (Wildman–Crippen MR) is 91.4 cm³/mol. The summed E-state index contributed by atoms with van der Waals surface area (Å²) in [5.41, 5.74) is 0.386. The van der Waals surface area contributed by atoms with Crippen molar-refractivity contribution in [1.82, 2.24) is 14.1 Å². The molecule has 1 N–H and O–H groups in total. The van der Waals surface area contributed by atoms with Gasteiger partial charge in [0.2, 0.25) is 5.91 Å². The van der Waals surface area contributed by atoms with Crippen molar-refractivity contribution in [1.29, 1.82) is 0 Å². The number of carbonyl (C=O) groups excluding carboxylic acids is 1. The summed E-state index contributed by atoms with van der Waals surface area (Å²) in [5, 5.41) is 2.97. The van der Waals surface area contributed by atoms with Gasteiger partial charge in [-0.15, -0.1) is 0 Å². The fraction of sp³-hybridized carbons (Fsp3) is 0.500. The average molecular weight is 334 g/mol. The number of hydrogen-bond acceptors (Lipinski definition) is 5. The zero-order valence-corrected chi connectivity index (χ0v) is 14.5. The Morgan fingerprint density at radius 2 is 1.96 bits per heavy atom. The Morgan fingerprint density at radius 1 is 1.29 bits per heavy atom. The van der Waals surface area contributed by atoms with Crippen molar-refractivity contribution < 1.29 is 9.53 Å². The monoisotopic (exact) mass is 334 g/mol. The molecule has 0 aliphatic heterocycles. The second kappa shape index (κ2) is 6.96. The van der Waals surface area contributed by atoms with Crippen LogP contribution in [0.2, 0.25) is 0 Å². The zero-order valence-electron chi connectivity index (χ0n) is 14.5. The summed E-state index contributed by atoms with van der Waals surface area (Å²) < 4.78 is 7.41. The molecule has 0 saturated carbocycles. The topological polar surface area (TPSA) is 95.2 Å². The van der Waals surface area contributed by atoms with Crippen LogP contribution in [0.4, 0.5) is 5.69 Å². The molecule has 0 aliphatic rings. The lowest BCUT2D eigenvalue weighted by Crippen LogP contribution is -2.38. The van der Waals surface area contributed by atoms with Crippen LogP contribution >= 0.6 is 0 Å². The minimum absolute atomic E-state index is 0.0335. The number of aryl methyl sites for hydroxylation is 1. The van der Waals surface area contributed by atoms with Crippen LogP contribution in [0.5, 0.6) is 0 Å². The molecule has 2 aromatic heterocycles. The van der Waals surface area contributed by atoms with Crippen molar-refractivity contribution in [3.05, 3.63) is 32.6 Å². The first-order valence-corrected chi connectivity index (χ1v) is 7.75. The van der Waals surface area contributed by atoms with Crippen LogP contribution in [0.25, 0.3) is 11.0 Å². The Hall–Kier alpha value is -2.48. The van der Waals surface area contributed by atoms with Crippen LogP contribution in [0.3, 0.4) is 0 Å². The Kier molecular flexibility index (Phi) is 5.18. The minimum atomic E-state index is -0.491. The first-order valence-electron chi connectivity index (χ1n) is 7.75. The summed E-state index contributed by atoms with van der Waals surface area (Å²) in [6.45, 7) is 5.98. The van der Waals surface area contributed by atoms with Crippen molar-refractivity contribution in [2.75, 3.05) is 18.5 Å². The summed E-state index contributed by atoms with van der Waals surface area (Å²) in [7, 11) is 2.94. The van der Waals surface area contributed by atoms with Crippen LogP contribution in [-0.4, -0.2) is 33.2 Å². The van der Waals surface area contributed by atoms with Gasteiger partial charge in [-0.3, -0.25) is 18.7 Å². The highest BCUT2D eigenvalue weighted by Crippen LogP contribution is 2.28. The molecule has 0 bridgehead atoms. The number of pyridine rings is 1. The fourth-order valence-electron chi connectivity index (χ4n) is 2.49. The molecule has 0 aromatic carbocycles. The summed E-state index contributed by atoms with van der Waals surface area (Å²) in [5.74, 6) is -0.326. The Balaban J connectivity index is 2.78. The first kappa shape index (κ1) is 17.9. The van der Waals surface area contributed by atoms with Gasteiger partial charge in [0, 0.05) is 26.9 Å². The summed E-state index contributed by atoms with van der Waals surface area (Å²) >= 11 is 0. The van der Waals surface area contributed by atoms with Gasteiger partial charge in [0.05, 0.1) is 5.69 Å². The molecule has 0 unspecified atom stereocenters. The molecule has 0 saturated heterocycles. The highest BCUT2D eigenvalue weighted by molar-refractivity contribution is 6.01. The summed E-state index contributed by atoms with van der Waals surface area (Å²) in [6, 6.07) is 0. The molecule has 0 aliphatic carbocycles. The molecule has 8 heteroatoms. The van der Waals surface area contributed by atoms with E-state index in [2.05, 4.69) is 10.3 Å². The largest absolute Gasteiger partial charge is 0.372 e. The van der Waals surface area contributed by atoms with E-state index in [1.54, 1.807) is 13.1 Å². The third kappa shape index (κ3) is 3.09.